The third kappa shape index (κ3) is 3.08. The molecule has 19 heavy (non-hydrogen) atoms. The Morgan fingerprint density at radius 1 is 1.32 bits per heavy atom. The van der Waals surface area contributed by atoms with Gasteiger partial charge in [0, 0.05) is 6.42 Å². The van der Waals surface area contributed by atoms with Crippen molar-refractivity contribution in [1.82, 2.24) is 4.98 Å². The van der Waals surface area contributed by atoms with E-state index in [1.54, 1.807) is 7.11 Å². The average Bonchev–Trinajstić information content (AvgIpc) is 2.88. The minimum absolute atomic E-state index is 0.139. The molecule has 0 amide bonds. The van der Waals surface area contributed by atoms with Gasteiger partial charge in [-0.2, -0.15) is 0 Å². The van der Waals surface area contributed by atoms with Crippen molar-refractivity contribution >= 4 is 11.6 Å². The fourth-order valence-corrected chi connectivity index (χ4v) is 1.92. The number of benzene rings is 1. The minimum Gasteiger partial charge on any atom is -0.496 e. The molecule has 4 nitrogen and oxygen atoms in total. The lowest BCUT2D eigenvalue weighted by Crippen LogP contribution is -1.94. The number of alkyl halides is 1. The van der Waals surface area contributed by atoms with Crippen molar-refractivity contribution < 1.29 is 13.9 Å². The van der Waals surface area contributed by atoms with Gasteiger partial charge in [-0.15, -0.1) is 0 Å². The highest BCUT2D eigenvalue weighted by Gasteiger charge is 2.16. The summed E-state index contributed by atoms with van der Waals surface area (Å²) < 4.78 is 16.3. The van der Waals surface area contributed by atoms with Gasteiger partial charge in [0.2, 0.25) is 5.89 Å². The molecule has 0 fully saturated rings. The first kappa shape index (κ1) is 13.9. The Kier molecular flexibility index (Phi) is 4.82. The number of hydrogen-bond acceptors (Lipinski definition) is 4. The van der Waals surface area contributed by atoms with Gasteiger partial charge < -0.3 is 13.9 Å². The second-order valence-electron chi connectivity index (χ2n) is 3.90. The van der Waals surface area contributed by atoms with Crippen LogP contribution in [0.25, 0.3) is 11.5 Å². The molecule has 0 spiro atoms. The van der Waals surface area contributed by atoms with Crippen LogP contribution in [0.5, 0.6) is 5.75 Å². The highest BCUT2D eigenvalue weighted by atomic mass is 35.5. The maximum Gasteiger partial charge on any atom is 0.230 e. The number of aromatic nitrogens is 1. The van der Waals surface area contributed by atoms with E-state index in [0.717, 1.165) is 29.2 Å². The molecule has 5 heteroatoms. The van der Waals surface area contributed by atoms with E-state index in [9.17, 15) is 0 Å². The third-order valence-electron chi connectivity index (χ3n) is 2.75. The van der Waals surface area contributed by atoms with E-state index in [0.29, 0.717) is 12.5 Å². The molecule has 1 heterocycles. The van der Waals surface area contributed by atoms with Gasteiger partial charge in [0.05, 0.1) is 19.3 Å². The van der Waals surface area contributed by atoms with Crippen LogP contribution in [0.15, 0.2) is 28.7 Å². The molecule has 0 bridgehead atoms. The topological polar surface area (TPSA) is 44.5 Å². The van der Waals surface area contributed by atoms with E-state index in [2.05, 4.69) is 4.98 Å². The van der Waals surface area contributed by atoms with Crippen LogP contribution in [0.1, 0.15) is 18.4 Å². The summed E-state index contributed by atoms with van der Waals surface area (Å²) in [5.74, 6) is 2.09. The predicted molar refractivity (Wildman–Crippen MR) is 73.4 cm³/mol. The van der Waals surface area contributed by atoms with Crippen molar-refractivity contribution in [3.05, 3.63) is 35.7 Å². The predicted octanol–water partition coefficient (Wildman–Crippen LogP) is 3.63. The number of nitrogens with zero attached hydrogens (tertiary/aromatic N) is 1. The molecule has 0 saturated heterocycles. The lowest BCUT2D eigenvalue weighted by Gasteiger charge is -2.03. The lowest BCUT2D eigenvalue weighted by molar-refractivity contribution is 0.161. The molecule has 0 atom stereocenters. The van der Waals surface area contributed by atoms with E-state index in [1.165, 1.54) is 0 Å². The van der Waals surface area contributed by atoms with Crippen LogP contribution < -0.4 is 4.74 Å². The minimum atomic E-state index is 0.139. The molecule has 0 N–H and O–H groups in total. The maximum atomic E-state index is 5.78. The van der Waals surface area contributed by atoms with Gasteiger partial charge in [0.15, 0.2) is 0 Å². The Balaban J connectivity index is 2.37. The summed E-state index contributed by atoms with van der Waals surface area (Å²) in [6, 6.07) is 7.75. The second-order valence-corrected chi connectivity index (χ2v) is 4.12. The second kappa shape index (κ2) is 6.59. The summed E-state index contributed by atoms with van der Waals surface area (Å²) >= 11 is 5.52. The van der Waals surface area contributed by atoms with Gasteiger partial charge in [-0.25, -0.2) is 4.98 Å². The third-order valence-corrected chi connectivity index (χ3v) is 2.91. The molecule has 2 aromatic rings. The van der Waals surface area contributed by atoms with Crippen molar-refractivity contribution in [3.8, 4) is 17.2 Å². The molecule has 0 radical (unpaired) electrons. The Bertz CT molecular complexity index is 539. The fraction of sp³-hybridized carbons (Fsp3) is 0.357. The van der Waals surface area contributed by atoms with Crippen molar-refractivity contribution in [1.29, 1.82) is 0 Å². The Labute approximate surface area is 117 Å². The van der Waals surface area contributed by atoms with Crippen LogP contribution in [0.3, 0.4) is 0 Å². The molecule has 2 rings (SSSR count). The summed E-state index contributed by atoms with van der Waals surface area (Å²) in [5.41, 5.74) is 1.61. The molecule has 102 valence electrons. The number of methoxy groups -OCH3 is 1. The van der Waals surface area contributed by atoms with Gasteiger partial charge in [-0.1, -0.05) is 30.7 Å². The van der Waals surface area contributed by atoms with Crippen LogP contribution in [-0.2, 0) is 17.8 Å². The zero-order valence-electron chi connectivity index (χ0n) is 11.0. The molecule has 1 aromatic heterocycles. The van der Waals surface area contributed by atoms with Crippen LogP contribution in [0.2, 0.25) is 0 Å². The van der Waals surface area contributed by atoms with Crippen LogP contribution in [0.4, 0.5) is 0 Å². The number of oxazole rings is 1. The quantitative estimate of drug-likeness (QED) is 0.759. The number of ether oxygens (including phenoxy) is 2. The van der Waals surface area contributed by atoms with E-state index in [4.69, 9.17) is 25.5 Å². The summed E-state index contributed by atoms with van der Waals surface area (Å²) in [5, 5.41) is 0. The number of halogens is 1. The Hall–Kier alpha value is -1.52. The number of aryl methyl sites for hydroxylation is 1. The first-order valence-electron chi connectivity index (χ1n) is 6.05. The molecular formula is C14H16ClNO3. The number of rotatable bonds is 6. The number of para-hydroxylation sites is 1. The lowest BCUT2D eigenvalue weighted by atomic mass is 10.2. The largest absolute Gasteiger partial charge is 0.496 e. The SMILES string of the molecule is CCc1oc(-c2ccccc2OC)nc1COCCl. The summed E-state index contributed by atoms with van der Waals surface area (Å²) in [7, 11) is 1.63. The molecule has 0 saturated carbocycles. The Morgan fingerprint density at radius 3 is 2.79 bits per heavy atom. The highest BCUT2D eigenvalue weighted by molar-refractivity contribution is 6.17. The summed E-state index contributed by atoms with van der Waals surface area (Å²) in [6.07, 6.45) is 0.753. The summed E-state index contributed by atoms with van der Waals surface area (Å²) in [6.45, 7) is 2.36. The molecule has 0 unspecified atom stereocenters. The molecular weight excluding hydrogens is 266 g/mol. The van der Waals surface area contributed by atoms with Crippen molar-refractivity contribution in [3.63, 3.8) is 0 Å². The molecule has 1 aromatic carbocycles. The fourth-order valence-electron chi connectivity index (χ4n) is 1.84. The average molecular weight is 282 g/mol. The zero-order valence-corrected chi connectivity index (χ0v) is 11.7. The zero-order chi connectivity index (χ0) is 13.7. The Morgan fingerprint density at radius 2 is 2.11 bits per heavy atom. The van der Waals surface area contributed by atoms with Crippen LogP contribution in [-0.4, -0.2) is 18.2 Å². The van der Waals surface area contributed by atoms with Crippen molar-refractivity contribution in [2.75, 3.05) is 13.2 Å². The first-order chi connectivity index (χ1) is 9.30. The molecule has 0 aliphatic heterocycles. The van der Waals surface area contributed by atoms with Gasteiger partial charge in [0.25, 0.3) is 0 Å². The van der Waals surface area contributed by atoms with Gasteiger partial charge >= 0.3 is 0 Å². The molecule has 0 aliphatic carbocycles. The molecule has 0 aliphatic rings. The van der Waals surface area contributed by atoms with E-state index < -0.39 is 0 Å². The number of hydrogen-bond donors (Lipinski definition) is 0. The van der Waals surface area contributed by atoms with Gasteiger partial charge in [0.1, 0.15) is 23.3 Å². The standard InChI is InChI=1S/C14H16ClNO3/c1-3-12-11(8-18-9-15)16-14(19-12)10-6-4-5-7-13(10)17-2/h4-7H,3,8-9H2,1-2H3. The van der Waals surface area contributed by atoms with Crippen LogP contribution in [0, 0.1) is 0 Å². The summed E-state index contributed by atoms with van der Waals surface area (Å²) in [4.78, 5) is 4.47. The smallest absolute Gasteiger partial charge is 0.230 e. The maximum absolute atomic E-state index is 5.78. The van der Waals surface area contributed by atoms with Gasteiger partial charge in [-0.3, -0.25) is 0 Å². The van der Waals surface area contributed by atoms with E-state index in [-0.39, 0.29) is 6.07 Å². The van der Waals surface area contributed by atoms with Crippen molar-refractivity contribution in [2.45, 2.75) is 20.0 Å². The van der Waals surface area contributed by atoms with Crippen LogP contribution >= 0.6 is 11.6 Å². The van der Waals surface area contributed by atoms with E-state index in [1.807, 2.05) is 31.2 Å². The normalized spacial score (nSPS) is 10.7. The monoisotopic (exact) mass is 281 g/mol. The first-order valence-corrected chi connectivity index (χ1v) is 6.59. The highest BCUT2D eigenvalue weighted by Crippen LogP contribution is 2.30. The van der Waals surface area contributed by atoms with Crippen molar-refractivity contribution in [2.24, 2.45) is 0 Å². The van der Waals surface area contributed by atoms with Gasteiger partial charge in [-0.05, 0) is 12.1 Å². The van der Waals surface area contributed by atoms with E-state index >= 15 is 0 Å².